The van der Waals surface area contributed by atoms with Gasteiger partial charge in [-0.2, -0.15) is 0 Å². The fourth-order valence-electron chi connectivity index (χ4n) is 1.74. The van der Waals surface area contributed by atoms with Gasteiger partial charge in [-0.05, 0) is 20.8 Å². The molecule has 6 heteroatoms. The van der Waals surface area contributed by atoms with E-state index in [-0.39, 0.29) is 23.9 Å². The highest BCUT2D eigenvalue weighted by atomic mass is 32.2. The molecule has 0 spiro atoms. The van der Waals surface area contributed by atoms with Crippen molar-refractivity contribution in [3.63, 3.8) is 0 Å². The zero-order valence-electron chi connectivity index (χ0n) is 9.57. The van der Waals surface area contributed by atoms with Gasteiger partial charge in [0.15, 0.2) is 0 Å². The van der Waals surface area contributed by atoms with E-state index in [1.807, 2.05) is 20.8 Å². The molecule has 5 nitrogen and oxygen atoms in total. The first-order valence-corrected chi connectivity index (χ1v) is 6.76. The molecule has 1 heterocycles. The van der Waals surface area contributed by atoms with Crippen LogP contribution in [0.5, 0.6) is 0 Å². The minimum absolute atomic E-state index is 0.00338. The lowest BCUT2D eigenvalue weighted by atomic mass is 10.1. The maximum atomic E-state index is 11.6. The first-order valence-electron chi connectivity index (χ1n) is 4.87. The third-order valence-corrected chi connectivity index (χ3v) is 3.08. The summed E-state index contributed by atoms with van der Waals surface area (Å²) in [7, 11) is -3.23. The van der Waals surface area contributed by atoms with Crippen molar-refractivity contribution in [1.82, 2.24) is 9.62 Å². The molecule has 0 aromatic rings. The van der Waals surface area contributed by atoms with Crippen LogP contribution in [0.25, 0.3) is 0 Å². The minimum Gasteiger partial charge on any atom is -0.336 e. The van der Waals surface area contributed by atoms with E-state index in [0.717, 1.165) is 6.26 Å². The van der Waals surface area contributed by atoms with Crippen LogP contribution in [-0.2, 0) is 14.8 Å². The molecule has 1 atom stereocenters. The van der Waals surface area contributed by atoms with Crippen LogP contribution in [0.3, 0.4) is 0 Å². The normalized spacial score (nSPS) is 23.6. The van der Waals surface area contributed by atoms with Crippen LogP contribution < -0.4 is 4.72 Å². The van der Waals surface area contributed by atoms with E-state index < -0.39 is 10.0 Å². The van der Waals surface area contributed by atoms with Gasteiger partial charge in [0, 0.05) is 24.5 Å². The molecule has 0 aromatic heterocycles. The molecule has 1 aliphatic heterocycles. The summed E-state index contributed by atoms with van der Waals surface area (Å²) >= 11 is 0. The highest BCUT2D eigenvalue weighted by Crippen LogP contribution is 2.21. The summed E-state index contributed by atoms with van der Waals surface area (Å²) in [6, 6.07) is -0.285. The van der Waals surface area contributed by atoms with Crippen molar-refractivity contribution in [2.24, 2.45) is 0 Å². The van der Waals surface area contributed by atoms with E-state index >= 15 is 0 Å². The Labute approximate surface area is 90.9 Å². The third kappa shape index (κ3) is 3.46. The fraction of sp³-hybridized carbons (Fsp3) is 0.889. The molecule has 1 rings (SSSR count). The van der Waals surface area contributed by atoms with Crippen LogP contribution in [0, 0.1) is 0 Å². The molecular weight excluding hydrogens is 216 g/mol. The topological polar surface area (TPSA) is 66.5 Å². The van der Waals surface area contributed by atoms with Gasteiger partial charge in [0.2, 0.25) is 15.9 Å². The lowest BCUT2D eigenvalue weighted by molar-refractivity contribution is -0.131. The van der Waals surface area contributed by atoms with Gasteiger partial charge in [-0.25, -0.2) is 13.1 Å². The summed E-state index contributed by atoms with van der Waals surface area (Å²) in [5, 5.41) is 0. The van der Waals surface area contributed by atoms with Crippen LogP contribution in [-0.4, -0.2) is 43.6 Å². The lowest BCUT2D eigenvalue weighted by Gasteiger charge is -2.32. The highest BCUT2D eigenvalue weighted by molar-refractivity contribution is 7.88. The van der Waals surface area contributed by atoms with Crippen LogP contribution in [0.1, 0.15) is 27.2 Å². The average molecular weight is 234 g/mol. The van der Waals surface area contributed by atoms with Crippen molar-refractivity contribution in [1.29, 1.82) is 0 Å². The third-order valence-electron chi connectivity index (χ3n) is 2.32. The van der Waals surface area contributed by atoms with Crippen LogP contribution in [0.15, 0.2) is 0 Å². The van der Waals surface area contributed by atoms with E-state index in [2.05, 4.69) is 4.72 Å². The molecular formula is C9H18N2O3S. The number of carbonyl (C=O) groups is 1. The molecule has 1 saturated heterocycles. The van der Waals surface area contributed by atoms with Crippen molar-refractivity contribution in [2.45, 2.75) is 38.8 Å². The summed E-state index contributed by atoms with van der Waals surface area (Å²) in [5.74, 6) is 0.00338. The summed E-state index contributed by atoms with van der Waals surface area (Å²) in [5.41, 5.74) is -0.245. The van der Waals surface area contributed by atoms with Gasteiger partial charge in [-0.15, -0.1) is 0 Å². The number of likely N-dealkylation sites (tertiary alicyclic amines) is 1. The van der Waals surface area contributed by atoms with Crippen LogP contribution in [0.2, 0.25) is 0 Å². The Kier molecular flexibility index (Phi) is 3.11. The van der Waals surface area contributed by atoms with Crippen molar-refractivity contribution < 1.29 is 13.2 Å². The zero-order chi connectivity index (χ0) is 11.9. The predicted molar refractivity (Wildman–Crippen MR) is 57.9 cm³/mol. The molecule has 1 unspecified atom stereocenters. The minimum atomic E-state index is -3.23. The number of hydrogen-bond acceptors (Lipinski definition) is 3. The Morgan fingerprint density at radius 3 is 2.27 bits per heavy atom. The molecule has 15 heavy (non-hydrogen) atoms. The molecule has 1 aliphatic rings. The molecule has 0 radical (unpaired) electrons. The number of sulfonamides is 1. The largest absolute Gasteiger partial charge is 0.336 e. The van der Waals surface area contributed by atoms with Crippen molar-refractivity contribution in [2.75, 3.05) is 12.8 Å². The Morgan fingerprint density at radius 2 is 1.93 bits per heavy atom. The standard InChI is InChI=1S/C9H18N2O3S/c1-9(2,3)11-6-7(5-8(11)12)10-15(4,13)14/h7,10H,5-6H2,1-4H3. The summed E-state index contributed by atoms with van der Waals surface area (Å²) in [6.07, 6.45) is 1.36. The van der Waals surface area contributed by atoms with E-state index in [0.29, 0.717) is 6.54 Å². The number of nitrogens with zero attached hydrogens (tertiary/aromatic N) is 1. The first kappa shape index (κ1) is 12.4. The summed E-state index contributed by atoms with van der Waals surface area (Å²) < 4.78 is 24.5. The fourth-order valence-corrected chi connectivity index (χ4v) is 2.50. The number of hydrogen-bond donors (Lipinski definition) is 1. The number of amides is 1. The average Bonchev–Trinajstić information content (AvgIpc) is 2.25. The Hall–Kier alpha value is -0.620. The molecule has 0 saturated carbocycles. The molecule has 1 fully saturated rings. The maximum absolute atomic E-state index is 11.6. The summed E-state index contributed by atoms with van der Waals surface area (Å²) in [6.45, 7) is 6.27. The van der Waals surface area contributed by atoms with Crippen LogP contribution >= 0.6 is 0 Å². The number of nitrogens with one attached hydrogen (secondary N) is 1. The van der Waals surface area contributed by atoms with Gasteiger partial charge in [-0.3, -0.25) is 4.79 Å². The second kappa shape index (κ2) is 3.75. The van der Waals surface area contributed by atoms with Crippen molar-refractivity contribution in [3.05, 3.63) is 0 Å². The van der Waals surface area contributed by atoms with E-state index in [1.165, 1.54) is 0 Å². The van der Waals surface area contributed by atoms with Gasteiger partial charge in [0.1, 0.15) is 0 Å². The molecule has 0 aliphatic carbocycles. The molecule has 1 N–H and O–H groups in total. The first-order chi connectivity index (χ1) is 6.59. The predicted octanol–water partition coefficient (Wildman–Crippen LogP) is -0.0650. The zero-order valence-corrected chi connectivity index (χ0v) is 10.4. The van der Waals surface area contributed by atoms with Gasteiger partial charge < -0.3 is 4.90 Å². The smallest absolute Gasteiger partial charge is 0.224 e. The van der Waals surface area contributed by atoms with Crippen LogP contribution in [0.4, 0.5) is 0 Å². The van der Waals surface area contributed by atoms with Gasteiger partial charge in [-0.1, -0.05) is 0 Å². The molecule has 0 bridgehead atoms. The summed E-state index contributed by atoms with van der Waals surface area (Å²) in [4.78, 5) is 13.3. The number of carbonyl (C=O) groups excluding carboxylic acids is 1. The monoisotopic (exact) mass is 234 g/mol. The van der Waals surface area contributed by atoms with Gasteiger partial charge in [0.25, 0.3) is 0 Å². The van der Waals surface area contributed by atoms with Crippen molar-refractivity contribution >= 4 is 15.9 Å². The Bertz CT molecular complexity index is 356. The number of rotatable bonds is 2. The second-order valence-corrected chi connectivity index (χ2v) is 6.75. The SMILES string of the molecule is CC(C)(C)N1CC(NS(C)(=O)=O)CC1=O. The molecule has 0 aromatic carbocycles. The highest BCUT2D eigenvalue weighted by Gasteiger charge is 2.37. The molecule has 1 amide bonds. The molecule has 88 valence electrons. The Balaban J connectivity index is 2.69. The Morgan fingerprint density at radius 1 is 1.40 bits per heavy atom. The lowest BCUT2D eigenvalue weighted by Crippen LogP contribution is -2.44. The van der Waals surface area contributed by atoms with E-state index in [9.17, 15) is 13.2 Å². The van der Waals surface area contributed by atoms with Crippen molar-refractivity contribution in [3.8, 4) is 0 Å². The van der Waals surface area contributed by atoms with E-state index in [4.69, 9.17) is 0 Å². The second-order valence-electron chi connectivity index (χ2n) is 4.97. The van der Waals surface area contributed by atoms with E-state index in [1.54, 1.807) is 4.90 Å². The van der Waals surface area contributed by atoms with Gasteiger partial charge >= 0.3 is 0 Å². The van der Waals surface area contributed by atoms with Gasteiger partial charge in [0.05, 0.1) is 6.26 Å². The quantitative estimate of drug-likeness (QED) is 0.727. The maximum Gasteiger partial charge on any atom is 0.224 e.